The van der Waals surface area contributed by atoms with Crippen LogP contribution in [0.25, 0.3) is 0 Å². The third kappa shape index (κ3) is 6.78. The lowest BCUT2D eigenvalue weighted by Crippen LogP contribution is -2.44. The number of para-hydroxylation sites is 1. The smallest absolute Gasteiger partial charge is 0.276 e. The molecule has 0 radical (unpaired) electrons. The Balaban J connectivity index is 1.90. The predicted octanol–water partition coefficient (Wildman–Crippen LogP) is 4.37. The number of hydrogen-bond acceptors (Lipinski definition) is 4. The fraction of sp³-hybridized carbons (Fsp3) is 0.364. The summed E-state index contributed by atoms with van der Waals surface area (Å²) in [7, 11) is 0. The molecular weight excluding hydrogens is 436 g/mol. The second-order valence-corrected chi connectivity index (χ2v) is 8.70. The molecule has 2 rings (SSSR count). The number of carbonyl (C=O) groups is 2. The number of hydrazine groups is 1. The third-order valence-corrected chi connectivity index (χ3v) is 4.59. The minimum Gasteiger partial charge on any atom is -0.490 e. The molecule has 7 heteroatoms. The summed E-state index contributed by atoms with van der Waals surface area (Å²) in [5, 5.41) is 0. The monoisotopic (exact) mass is 462 g/mol. The van der Waals surface area contributed by atoms with E-state index in [9.17, 15) is 9.59 Å². The molecule has 0 aliphatic carbocycles. The average molecular weight is 463 g/mol. The number of amides is 2. The van der Waals surface area contributed by atoms with Crippen molar-refractivity contribution >= 4 is 27.7 Å². The van der Waals surface area contributed by atoms with Crippen LogP contribution >= 0.6 is 15.9 Å². The van der Waals surface area contributed by atoms with Crippen molar-refractivity contribution in [1.29, 1.82) is 0 Å². The highest BCUT2D eigenvalue weighted by molar-refractivity contribution is 9.10. The summed E-state index contributed by atoms with van der Waals surface area (Å²) in [6.07, 6.45) is -0.0740. The van der Waals surface area contributed by atoms with Gasteiger partial charge in [0.05, 0.1) is 16.1 Å². The van der Waals surface area contributed by atoms with E-state index in [2.05, 4.69) is 47.6 Å². The summed E-state index contributed by atoms with van der Waals surface area (Å²) in [5.74, 6) is 0.0567. The average Bonchev–Trinajstić information content (AvgIpc) is 2.64. The molecule has 0 heterocycles. The van der Waals surface area contributed by atoms with Crippen LogP contribution in [-0.2, 0) is 10.2 Å². The molecule has 2 aromatic carbocycles. The lowest BCUT2D eigenvalue weighted by Gasteiger charge is -2.20. The van der Waals surface area contributed by atoms with E-state index >= 15 is 0 Å². The quantitative estimate of drug-likeness (QED) is 0.624. The lowest BCUT2D eigenvalue weighted by molar-refractivity contribution is -0.123. The van der Waals surface area contributed by atoms with Gasteiger partial charge in [-0.1, -0.05) is 39.0 Å². The molecular formula is C22H27BrN2O4. The fourth-order valence-electron chi connectivity index (χ4n) is 2.47. The van der Waals surface area contributed by atoms with Crippen molar-refractivity contribution < 1.29 is 19.1 Å². The van der Waals surface area contributed by atoms with E-state index in [1.54, 1.807) is 24.3 Å². The molecule has 2 aromatic rings. The first kappa shape index (κ1) is 22.7. The van der Waals surface area contributed by atoms with E-state index in [0.717, 1.165) is 10.0 Å². The van der Waals surface area contributed by atoms with E-state index < -0.39 is 11.8 Å². The molecule has 0 bridgehead atoms. The van der Waals surface area contributed by atoms with Gasteiger partial charge in [-0.2, -0.15) is 0 Å². The Hall–Kier alpha value is -2.54. The van der Waals surface area contributed by atoms with E-state index in [1.807, 2.05) is 32.0 Å². The molecule has 0 unspecified atom stereocenters. The Morgan fingerprint density at radius 2 is 1.72 bits per heavy atom. The second kappa shape index (κ2) is 9.78. The summed E-state index contributed by atoms with van der Waals surface area (Å²) in [5.41, 5.74) is 6.23. The molecule has 0 atom stereocenters. The second-order valence-electron chi connectivity index (χ2n) is 7.85. The zero-order chi connectivity index (χ0) is 21.6. The molecule has 0 saturated heterocycles. The van der Waals surface area contributed by atoms with Crippen LogP contribution in [0.2, 0.25) is 0 Å². The molecule has 29 heavy (non-hydrogen) atoms. The first-order valence-electron chi connectivity index (χ1n) is 9.35. The van der Waals surface area contributed by atoms with Crippen LogP contribution in [0.4, 0.5) is 0 Å². The number of ether oxygens (including phenoxy) is 2. The van der Waals surface area contributed by atoms with Crippen molar-refractivity contribution in [3.05, 3.63) is 58.1 Å². The fourth-order valence-corrected chi connectivity index (χ4v) is 2.96. The van der Waals surface area contributed by atoms with Crippen molar-refractivity contribution in [3.8, 4) is 11.5 Å². The van der Waals surface area contributed by atoms with Gasteiger partial charge in [0.15, 0.2) is 6.61 Å². The van der Waals surface area contributed by atoms with Gasteiger partial charge in [0.2, 0.25) is 0 Å². The van der Waals surface area contributed by atoms with Gasteiger partial charge in [-0.15, -0.1) is 0 Å². The molecule has 6 nitrogen and oxygen atoms in total. The Kier molecular flexibility index (Phi) is 7.67. The van der Waals surface area contributed by atoms with Gasteiger partial charge >= 0.3 is 0 Å². The Labute approximate surface area is 180 Å². The number of carbonyl (C=O) groups excluding carboxylic acids is 2. The van der Waals surface area contributed by atoms with E-state index in [1.165, 1.54) is 0 Å². The highest BCUT2D eigenvalue weighted by atomic mass is 79.9. The molecule has 0 saturated carbocycles. The summed E-state index contributed by atoms with van der Waals surface area (Å²) in [4.78, 5) is 24.4. The van der Waals surface area contributed by atoms with Crippen LogP contribution < -0.4 is 20.3 Å². The van der Waals surface area contributed by atoms with Crippen LogP contribution in [0.5, 0.6) is 11.5 Å². The van der Waals surface area contributed by atoms with Gasteiger partial charge < -0.3 is 9.47 Å². The highest BCUT2D eigenvalue weighted by Crippen LogP contribution is 2.31. The summed E-state index contributed by atoms with van der Waals surface area (Å²) in [6, 6.07) is 12.6. The van der Waals surface area contributed by atoms with Crippen molar-refractivity contribution in [2.24, 2.45) is 0 Å². The summed E-state index contributed by atoms with van der Waals surface area (Å²) < 4.78 is 11.9. The van der Waals surface area contributed by atoms with Crippen molar-refractivity contribution in [3.63, 3.8) is 0 Å². The van der Waals surface area contributed by atoms with Gasteiger partial charge in [0.1, 0.15) is 11.5 Å². The summed E-state index contributed by atoms with van der Waals surface area (Å²) >= 11 is 3.47. The zero-order valence-electron chi connectivity index (χ0n) is 17.3. The van der Waals surface area contributed by atoms with Gasteiger partial charge in [-0.05, 0) is 65.0 Å². The first-order valence-corrected chi connectivity index (χ1v) is 10.1. The molecule has 0 aliphatic heterocycles. The molecule has 0 aliphatic rings. The molecule has 0 fully saturated rings. The number of benzene rings is 2. The molecule has 0 spiro atoms. The Morgan fingerprint density at radius 1 is 1.03 bits per heavy atom. The maximum absolute atomic E-state index is 12.4. The lowest BCUT2D eigenvalue weighted by atomic mass is 9.87. The maximum Gasteiger partial charge on any atom is 0.276 e. The molecule has 156 valence electrons. The minimum absolute atomic E-state index is 0.0122. The number of hydrogen-bond donors (Lipinski definition) is 2. The normalized spacial score (nSPS) is 11.1. The number of nitrogens with one attached hydrogen (secondary N) is 2. The zero-order valence-corrected chi connectivity index (χ0v) is 18.9. The SMILES string of the molecule is CC(C)Oc1ccccc1C(=O)NNC(=O)COc1ccc(C(C)(C)C)cc1Br. The maximum atomic E-state index is 12.4. The minimum atomic E-state index is -0.479. The Bertz CT molecular complexity index is 875. The van der Waals surface area contributed by atoms with Crippen molar-refractivity contribution in [1.82, 2.24) is 10.9 Å². The Morgan fingerprint density at radius 3 is 2.34 bits per heavy atom. The number of halogens is 1. The van der Waals surface area contributed by atoms with Gasteiger partial charge in [-0.3, -0.25) is 20.4 Å². The van der Waals surface area contributed by atoms with Gasteiger partial charge in [0, 0.05) is 0 Å². The van der Waals surface area contributed by atoms with E-state index in [0.29, 0.717) is 17.1 Å². The van der Waals surface area contributed by atoms with Gasteiger partial charge in [0.25, 0.3) is 11.8 Å². The van der Waals surface area contributed by atoms with Crippen LogP contribution in [0, 0.1) is 0 Å². The number of rotatable bonds is 6. The van der Waals surface area contributed by atoms with Gasteiger partial charge in [-0.25, -0.2) is 0 Å². The van der Waals surface area contributed by atoms with E-state index in [4.69, 9.17) is 9.47 Å². The largest absolute Gasteiger partial charge is 0.490 e. The first-order chi connectivity index (χ1) is 13.6. The topological polar surface area (TPSA) is 76.7 Å². The van der Waals surface area contributed by atoms with Crippen molar-refractivity contribution in [2.45, 2.75) is 46.1 Å². The van der Waals surface area contributed by atoms with Crippen LogP contribution in [0.1, 0.15) is 50.5 Å². The van der Waals surface area contributed by atoms with E-state index in [-0.39, 0.29) is 18.1 Å². The molecule has 2 amide bonds. The molecule has 2 N–H and O–H groups in total. The van der Waals surface area contributed by atoms with Crippen LogP contribution in [0.3, 0.4) is 0 Å². The standard InChI is InChI=1S/C22H27BrN2O4/c1-14(2)29-18-9-7-6-8-16(18)21(27)25-24-20(26)13-28-19-11-10-15(12-17(19)23)22(3,4)5/h6-12,14H,13H2,1-5H3,(H,24,26)(H,25,27). The van der Waals surface area contributed by atoms with Crippen molar-refractivity contribution in [2.75, 3.05) is 6.61 Å². The molecule has 0 aromatic heterocycles. The highest BCUT2D eigenvalue weighted by Gasteiger charge is 2.16. The summed E-state index contributed by atoms with van der Waals surface area (Å²) in [6.45, 7) is 9.87. The van der Waals surface area contributed by atoms with Crippen LogP contribution in [-0.4, -0.2) is 24.5 Å². The predicted molar refractivity (Wildman–Crippen MR) is 116 cm³/mol. The van der Waals surface area contributed by atoms with Crippen LogP contribution in [0.15, 0.2) is 46.9 Å². The third-order valence-electron chi connectivity index (χ3n) is 3.97.